The standard InChI is InChI=1S/C17H12F3N3OS/c18-17(19,20)12-3-1-4-13(9-12)22-16(24)10-23-7-6-14(21-11-23)15-5-2-8-25-15/h1-9,11H,10H2/p+1. The van der Waals surface area contributed by atoms with Gasteiger partial charge >= 0.3 is 6.18 Å². The number of benzene rings is 1. The summed E-state index contributed by atoms with van der Waals surface area (Å²) in [7, 11) is 0. The summed E-state index contributed by atoms with van der Waals surface area (Å²) in [6.07, 6.45) is -1.23. The molecule has 2 aromatic heterocycles. The number of hydrogen-bond donors (Lipinski definition) is 1. The van der Waals surface area contributed by atoms with Crippen LogP contribution in [0.1, 0.15) is 5.56 Å². The van der Waals surface area contributed by atoms with Crippen LogP contribution >= 0.6 is 11.3 Å². The highest BCUT2D eigenvalue weighted by Gasteiger charge is 2.30. The molecular formula is C17H13F3N3OS+. The zero-order valence-corrected chi connectivity index (χ0v) is 13.6. The molecule has 0 aliphatic heterocycles. The van der Waals surface area contributed by atoms with E-state index in [4.69, 9.17) is 0 Å². The van der Waals surface area contributed by atoms with E-state index >= 15 is 0 Å². The summed E-state index contributed by atoms with van der Waals surface area (Å²) in [6, 6.07) is 10.2. The van der Waals surface area contributed by atoms with E-state index in [2.05, 4.69) is 10.3 Å². The maximum Gasteiger partial charge on any atom is 0.416 e. The van der Waals surface area contributed by atoms with Gasteiger partial charge in [-0.2, -0.15) is 13.2 Å². The molecule has 1 N–H and O–H groups in total. The fourth-order valence-corrected chi connectivity index (χ4v) is 2.89. The molecule has 0 unspecified atom stereocenters. The van der Waals surface area contributed by atoms with Gasteiger partial charge in [-0.05, 0) is 34.6 Å². The van der Waals surface area contributed by atoms with Crippen molar-refractivity contribution in [1.29, 1.82) is 0 Å². The third-order valence-corrected chi connectivity index (χ3v) is 4.23. The normalized spacial score (nSPS) is 11.3. The average Bonchev–Trinajstić information content (AvgIpc) is 3.09. The van der Waals surface area contributed by atoms with Gasteiger partial charge in [0.2, 0.25) is 0 Å². The first-order chi connectivity index (χ1) is 11.9. The Hall–Kier alpha value is -2.74. The number of nitrogens with zero attached hydrogens (tertiary/aromatic N) is 2. The first kappa shape index (κ1) is 17.1. The maximum absolute atomic E-state index is 12.7. The molecule has 0 bridgehead atoms. The molecule has 0 fully saturated rings. The third kappa shape index (κ3) is 4.42. The van der Waals surface area contributed by atoms with Gasteiger partial charge in [0.1, 0.15) is 0 Å². The molecule has 3 aromatic rings. The van der Waals surface area contributed by atoms with Crippen LogP contribution in [0.15, 0.2) is 60.4 Å². The molecule has 0 saturated heterocycles. The van der Waals surface area contributed by atoms with Gasteiger partial charge in [0.15, 0.2) is 12.2 Å². The molecule has 0 spiro atoms. The van der Waals surface area contributed by atoms with Gasteiger partial charge in [0, 0.05) is 11.8 Å². The van der Waals surface area contributed by atoms with Gasteiger partial charge in [0.05, 0.1) is 16.6 Å². The van der Waals surface area contributed by atoms with Crippen molar-refractivity contribution in [3.8, 4) is 10.6 Å². The predicted octanol–water partition coefficient (Wildman–Crippen LogP) is 3.76. The number of alkyl halides is 3. The van der Waals surface area contributed by atoms with E-state index in [0.717, 1.165) is 22.7 Å². The van der Waals surface area contributed by atoms with E-state index < -0.39 is 17.6 Å². The van der Waals surface area contributed by atoms with E-state index in [1.165, 1.54) is 18.5 Å². The van der Waals surface area contributed by atoms with E-state index in [-0.39, 0.29) is 12.2 Å². The quantitative estimate of drug-likeness (QED) is 0.717. The van der Waals surface area contributed by atoms with Crippen LogP contribution in [0.3, 0.4) is 0 Å². The molecule has 0 aliphatic rings. The van der Waals surface area contributed by atoms with Crippen LogP contribution in [0.4, 0.5) is 18.9 Å². The highest BCUT2D eigenvalue weighted by atomic mass is 32.1. The Labute approximate surface area is 145 Å². The number of carbonyl (C=O) groups is 1. The fourth-order valence-electron chi connectivity index (χ4n) is 2.19. The lowest BCUT2D eigenvalue weighted by Crippen LogP contribution is -2.40. The number of anilines is 1. The Morgan fingerprint density at radius 3 is 2.68 bits per heavy atom. The SMILES string of the molecule is O=C(C[n+]1ccc(-c2cccs2)nc1)Nc1cccc(C(F)(F)F)c1. The Morgan fingerprint density at radius 2 is 2.04 bits per heavy atom. The summed E-state index contributed by atoms with van der Waals surface area (Å²) in [6.45, 7) is -0.0477. The molecule has 0 radical (unpaired) electrons. The molecule has 25 heavy (non-hydrogen) atoms. The molecule has 0 saturated carbocycles. The van der Waals surface area contributed by atoms with Crippen LogP contribution in [0.2, 0.25) is 0 Å². The predicted molar refractivity (Wildman–Crippen MR) is 87.8 cm³/mol. The molecule has 0 atom stereocenters. The van der Waals surface area contributed by atoms with Gasteiger partial charge in [-0.15, -0.1) is 11.3 Å². The Bertz CT molecular complexity index is 862. The number of nitrogens with one attached hydrogen (secondary N) is 1. The summed E-state index contributed by atoms with van der Waals surface area (Å²) >= 11 is 1.56. The number of thiophene rings is 1. The number of halogens is 3. The van der Waals surface area contributed by atoms with E-state index in [1.807, 2.05) is 17.5 Å². The molecule has 0 aliphatic carbocycles. The molecule has 1 aromatic carbocycles. The zero-order valence-electron chi connectivity index (χ0n) is 12.8. The highest BCUT2D eigenvalue weighted by molar-refractivity contribution is 7.13. The lowest BCUT2D eigenvalue weighted by Gasteiger charge is -2.09. The molecule has 2 heterocycles. The number of carbonyl (C=O) groups excluding carboxylic acids is 1. The smallest absolute Gasteiger partial charge is 0.323 e. The molecule has 8 heteroatoms. The molecule has 128 valence electrons. The average molecular weight is 364 g/mol. The Kier molecular flexibility index (Phi) is 4.80. The van der Waals surface area contributed by atoms with Crippen molar-refractivity contribution < 1.29 is 22.5 Å². The van der Waals surface area contributed by atoms with Crippen molar-refractivity contribution in [3.63, 3.8) is 0 Å². The van der Waals surface area contributed by atoms with Crippen molar-refractivity contribution in [2.45, 2.75) is 12.7 Å². The van der Waals surface area contributed by atoms with Crippen LogP contribution in [-0.4, -0.2) is 10.9 Å². The topological polar surface area (TPSA) is 45.9 Å². The zero-order chi connectivity index (χ0) is 17.9. The van der Waals surface area contributed by atoms with Crippen LogP contribution < -0.4 is 9.88 Å². The number of aromatic nitrogens is 2. The van der Waals surface area contributed by atoms with Gasteiger partial charge in [-0.25, -0.2) is 4.57 Å². The van der Waals surface area contributed by atoms with Gasteiger partial charge in [-0.1, -0.05) is 12.1 Å². The van der Waals surface area contributed by atoms with Crippen LogP contribution in [0.5, 0.6) is 0 Å². The lowest BCUT2D eigenvalue weighted by atomic mass is 10.2. The monoisotopic (exact) mass is 364 g/mol. The van der Waals surface area contributed by atoms with Crippen molar-refractivity contribution in [2.75, 3.05) is 5.32 Å². The van der Waals surface area contributed by atoms with Crippen molar-refractivity contribution in [3.05, 3.63) is 65.9 Å². The Balaban J connectivity index is 1.65. The summed E-state index contributed by atoms with van der Waals surface area (Å²) in [5, 5.41) is 4.40. The fraction of sp³-hybridized carbons (Fsp3) is 0.118. The van der Waals surface area contributed by atoms with E-state index in [1.54, 1.807) is 28.2 Å². The highest BCUT2D eigenvalue weighted by Crippen LogP contribution is 2.30. The minimum Gasteiger partial charge on any atom is -0.323 e. The van der Waals surface area contributed by atoms with Crippen molar-refractivity contribution >= 4 is 22.9 Å². The number of rotatable bonds is 4. The summed E-state index contributed by atoms with van der Waals surface area (Å²) in [5.74, 6) is -0.435. The first-order valence-corrected chi connectivity index (χ1v) is 8.16. The summed E-state index contributed by atoms with van der Waals surface area (Å²) in [4.78, 5) is 17.3. The summed E-state index contributed by atoms with van der Waals surface area (Å²) < 4.78 is 39.6. The molecule has 3 rings (SSSR count). The molecule has 4 nitrogen and oxygen atoms in total. The minimum absolute atomic E-state index is 0.0477. The van der Waals surface area contributed by atoms with Crippen LogP contribution in [-0.2, 0) is 17.5 Å². The van der Waals surface area contributed by atoms with Crippen molar-refractivity contribution in [1.82, 2.24) is 4.98 Å². The van der Waals surface area contributed by atoms with E-state index in [0.29, 0.717) is 0 Å². The second kappa shape index (κ2) is 7.02. The molecular weight excluding hydrogens is 351 g/mol. The number of amides is 1. The Morgan fingerprint density at radius 1 is 1.20 bits per heavy atom. The van der Waals surface area contributed by atoms with Gasteiger partial charge in [0.25, 0.3) is 12.2 Å². The van der Waals surface area contributed by atoms with Crippen LogP contribution in [0, 0.1) is 0 Å². The maximum atomic E-state index is 12.7. The lowest BCUT2D eigenvalue weighted by molar-refractivity contribution is -0.686. The largest absolute Gasteiger partial charge is 0.416 e. The van der Waals surface area contributed by atoms with Gasteiger partial charge in [-0.3, -0.25) is 4.79 Å². The van der Waals surface area contributed by atoms with Crippen molar-refractivity contribution in [2.24, 2.45) is 0 Å². The van der Waals surface area contributed by atoms with Crippen LogP contribution in [0.25, 0.3) is 10.6 Å². The second-order valence-electron chi connectivity index (χ2n) is 5.22. The minimum atomic E-state index is -4.45. The third-order valence-electron chi connectivity index (χ3n) is 3.34. The van der Waals surface area contributed by atoms with E-state index in [9.17, 15) is 18.0 Å². The second-order valence-corrected chi connectivity index (χ2v) is 6.17. The summed E-state index contributed by atoms with van der Waals surface area (Å²) in [5.41, 5.74) is 0.0908. The molecule has 1 amide bonds. The number of hydrogen-bond acceptors (Lipinski definition) is 3. The first-order valence-electron chi connectivity index (χ1n) is 7.28. The van der Waals surface area contributed by atoms with Gasteiger partial charge < -0.3 is 5.32 Å².